The molecule has 14 nitrogen and oxygen atoms in total. The molecular formula is C13H14F3N5O9S. The minimum atomic E-state index is -5.08. The van der Waals surface area contributed by atoms with Crippen LogP contribution in [0.4, 0.5) is 18.0 Å². The summed E-state index contributed by atoms with van der Waals surface area (Å²) in [5.41, 5.74) is 6.88. The van der Waals surface area contributed by atoms with Crippen LogP contribution in [0.1, 0.15) is 10.4 Å². The number of carbonyl (C=O) groups excluding carboxylic acids is 3. The highest BCUT2D eigenvalue weighted by atomic mass is 32.2. The number of alkyl halides is 3. The van der Waals surface area contributed by atoms with Gasteiger partial charge in [0.1, 0.15) is 6.04 Å². The Morgan fingerprint density at radius 1 is 1.16 bits per heavy atom. The molecule has 4 amide bonds. The Labute approximate surface area is 170 Å². The van der Waals surface area contributed by atoms with E-state index in [-0.39, 0.29) is 12.1 Å². The quantitative estimate of drug-likeness (QED) is 0.146. The van der Waals surface area contributed by atoms with Crippen LogP contribution in [0.5, 0.6) is 11.5 Å². The fourth-order valence-corrected chi connectivity index (χ4v) is 2.30. The molecule has 1 fully saturated rings. The van der Waals surface area contributed by atoms with E-state index in [1.54, 1.807) is 10.3 Å². The molecule has 1 atom stereocenters. The van der Waals surface area contributed by atoms with Gasteiger partial charge >= 0.3 is 28.4 Å². The van der Waals surface area contributed by atoms with Gasteiger partial charge in [-0.3, -0.25) is 19.9 Å². The van der Waals surface area contributed by atoms with Gasteiger partial charge in [0.05, 0.1) is 6.54 Å². The average Bonchev–Trinajstić information content (AvgIpc) is 2.65. The summed E-state index contributed by atoms with van der Waals surface area (Å²) in [6.45, 7) is -0.126. The van der Waals surface area contributed by atoms with Crippen LogP contribution in [0.25, 0.3) is 0 Å². The first kappa shape index (κ1) is 25.4. The number of nitrogens with zero attached hydrogens (tertiary/aromatic N) is 1. The van der Waals surface area contributed by atoms with Crippen molar-refractivity contribution in [1.29, 1.82) is 0 Å². The number of carboxylic acids is 1. The Morgan fingerprint density at radius 3 is 2.13 bits per heavy atom. The van der Waals surface area contributed by atoms with Crippen molar-refractivity contribution in [3.05, 3.63) is 23.8 Å². The van der Waals surface area contributed by atoms with Crippen LogP contribution in [-0.2, 0) is 19.8 Å². The van der Waals surface area contributed by atoms with E-state index < -0.39 is 57.7 Å². The lowest BCUT2D eigenvalue weighted by Gasteiger charge is -2.33. The molecular weight excluding hydrogens is 459 g/mol. The highest BCUT2D eigenvalue weighted by Gasteiger charge is 2.39. The van der Waals surface area contributed by atoms with E-state index >= 15 is 0 Å². The summed E-state index contributed by atoms with van der Waals surface area (Å²) in [5, 5.41) is 25.5. The minimum absolute atomic E-state index is 0.126. The molecule has 0 saturated carbocycles. The maximum absolute atomic E-state index is 11.7. The molecule has 8 N–H and O–H groups in total. The van der Waals surface area contributed by atoms with E-state index in [2.05, 4.69) is 0 Å². The zero-order valence-corrected chi connectivity index (χ0v) is 15.7. The average molecular weight is 473 g/mol. The highest BCUT2D eigenvalue weighted by Crippen LogP contribution is 2.24. The number of aromatic hydroxyl groups is 2. The molecule has 1 aliphatic rings. The molecule has 18 heteroatoms. The number of benzene rings is 1. The van der Waals surface area contributed by atoms with Gasteiger partial charge in [0, 0.05) is 5.56 Å². The van der Waals surface area contributed by atoms with Gasteiger partial charge in [0.25, 0.3) is 5.91 Å². The summed E-state index contributed by atoms with van der Waals surface area (Å²) in [5.74, 6) is -5.49. The number of β-lactam (4-membered cyclic amide) rings is 1. The molecule has 1 aromatic carbocycles. The molecule has 1 aliphatic heterocycles. The Morgan fingerprint density at radius 2 is 1.71 bits per heavy atom. The van der Waals surface area contributed by atoms with Crippen LogP contribution < -0.4 is 20.7 Å². The van der Waals surface area contributed by atoms with Gasteiger partial charge in [-0.2, -0.15) is 21.6 Å². The highest BCUT2D eigenvalue weighted by molar-refractivity contribution is 7.88. The maximum Gasteiger partial charge on any atom is 0.490 e. The van der Waals surface area contributed by atoms with Crippen molar-refractivity contribution in [3.8, 4) is 11.5 Å². The van der Waals surface area contributed by atoms with Gasteiger partial charge in [-0.1, -0.05) is 0 Å². The Bertz CT molecular complexity index is 999. The van der Waals surface area contributed by atoms with Gasteiger partial charge in [-0.05, 0) is 18.2 Å². The summed E-state index contributed by atoms with van der Waals surface area (Å²) >= 11 is 0. The molecule has 0 aromatic heterocycles. The number of carbonyl (C=O) groups is 4. The van der Waals surface area contributed by atoms with Gasteiger partial charge in [-0.15, -0.1) is 4.83 Å². The number of halogens is 3. The minimum Gasteiger partial charge on any atom is -0.504 e. The predicted molar refractivity (Wildman–Crippen MR) is 91.2 cm³/mol. The first-order chi connectivity index (χ1) is 14.0. The van der Waals surface area contributed by atoms with Crippen LogP contribution in [0, 0.1) is 0 Å². The monoisotopic (exact) mass is 473 g/mol. The first-order valence-corrected chi connectivity index (χ1v) is 9.06. The summed E-state index contributed by atoms with van der Waals surface area (Å²) in [6, 6.07) is 0.980. The number of urea groups is 1. The second-order valence-electron chi connectivity index (χ2n) is 5.53. The largest absolute Gasteiger partial charge is 0.504 e. The number of likely N-dealkylation sites (tertiary alicyclic amines) is 1. The van der Waals surface area contributed by atoms with Crippen molar-refractivity contribution < 1.29 is 56.1 Å². The number of aliphatic carboxylic acids is 1. The molecule has 2 rings (SSSR count). The third kappa shape index (κ3) is 7.28. The number of carboxylic acid groups (broad SMARTS) is 1. The van der Waals surface area contributed by atoms with E-state index in [0.717, 1.165) is 18.2 Å². The molecule has 172 valence electrons. The van der Waals surface area contributed by atoms with E-state index in [1.165, 1.54) is 4.72 Å². The first-order valence-electron chi connectivity index (χ1n) is 7.58. The molecule has 0 spiro atoms. The number of phenols is 2. The lowest BCUT2D eigenvalue weighted by molar-refractivity contribution is -0.192. The third-order valence-corrected chi connectivity index (χ3v) is 4.02. The number of hydrogen-bond donors (Lipinski definition) is 7. The topological polar surface area (TPSA) is 228 Å². The molecule has 0 bridgehead atoms. The van der Waals surface area contributed by atoms with Gasteiger partial charge < -0.3 is 21.1 Å². The Hall–Kier alpha value is -3.64. The fourth-order valence-electron chi connectivity index (χ4n) is 1.68. The van der Waals surface area contributed by atoms with Crippen molar-refractivity contribution in [1.82, 2.24) is 19.9 Å². The molecule has 0 aliphatic carbocycles. The van der Waals surface area contributed by atoms with Crippen molar-refractivity contribution in [3.63, 3.8) is 0 Å². The van der Waals surface area contributed by atoms with Crippen molar-refractivity contribution >= 4 is 34.0 Å². The van der Waals surface area contributed by atoms with E-state index in [0.29, 0.717) is 4.90 Å². The van der Waals surface area contributed by atoms with E-state index in [1.807, 2.05) is 0 Å². The third-order valence-electron chi connectivity index (χ3n) is 3.21. The molecule has 1 saturated heterocycles. The van der Waals surface area contributed by atoms with Crippen LogP contribution in [0.2, 0.25) is 0 Å². The summed E-state index contributed by atoms with van der Waals surface area (Å²) in [7, 11) is -4.49. The van der Waals surface area contributed by atoms with Crippen molar-refractivity contribution in [2.45, 2.75) is 12.2 Å². The van der Waals surface area contributed by atoms with Gasteiger partial charge in [0.2, 0.25) is 5.91 Å². The second-order valence-corrected chi connectivity index (χ2v) is 6.94. The molecule has 0 radical (unpaired) electrons. The summed E-state index contributed by atoms with van der Waals surface area (Å²) in [4.78, 5) is 45.5. The van der Waals surface area contributed by atoms with E-state index in [4.69, 9.17) is 20.7 Å². The lowest BCUT2D eigenvalue weighted by atomic mass is 10.1. The molecule has 1 heterocycles. The molecule has 0 unspecified atom stereocenters. The predicted octanol–water partition coefficient (Wildman–Crippen LogP) is -1.91. The number of phenolic OH excluding ortho intramolecular Hbond substituents is 2. The SMILES string of the molecule is N[C@H]1CN(C(=O)NS(=O)(=O)NNC(=O)c2ccc(O)c(O)c2)C1=O.O=C(O)C(F)(F)F. The maximum atomic E-state index is 11.7. The van der Waals surface area contributed by atoms with Crippen LogP contribution in [-0.4, -0.2) is 71.2 Å². The molecule has 1 aromatic rings. The second kappa shape index (κ2) is 9.45. The van der Waals surface area contributed by atoms with Crippen LogP contribution >= 0.6 is 0 Å². The Kier molecular flexibility index (Phi) is 7.74. The number of nitrogens with one attached hydrogen (secondary N) is 3. The number of rotatable bonds is 4. The van der Waals surface area contributed by atoms with Gasteiger partial charge in [0.15, 0.2) is 11.5 Å². The zero-order valence-electron chi connectivity index (χ0n) is 14.9. The lowest BCUT2D eigenvalue weighted by Crippen LogP contribution is -2.66. The number of imide groups is 1. The fraction of sp³-hybridized carbons (Fsp3) is 0.231. The standard InChI is InChI=1S/C11H13N5O7S.C2HF3O2/c12-6-4-16(10(6)20)11(21)14-24(22,23)15-13-9(19)5-1-2-7(17)8(18)3-5;3-2(4,5)1(6)7/h1-3,6,15,17-18H,4,12H2,(H,13,19)(H,14,21);(H,6,7)/t6-;/m0./s1. The molecule has 31 heavy (non-hydrogen) atoms. The van der Waals surface area contributed by atoms with Crippen molar-refractivity contribution in [2.75, 3.05) is 6.54 Å². The normalized spacial score (nSPS) is 15.8. The Balaban J connectivity index is 0.000000592. The zero-order chi connectivity index (χ0) is 24.1. The van der Waals surface area contributed by atoms with Crippen molar-refractivity contribution in [2.24, 2.45) is 5.73 Å². The summed E-state index contributed by atoms with van der Waals surface area (Å²) in [6.07, 6.45) is -5.08. The van der Waals surface area contributed by atoms with Crippen LogP contribution in [0.3, 0.4) is 0 Å². The number of hydrogen-bond acceptors (Lipinski definition) is 9. The smallest absolute Gasteiger partial charge is 0.490 e. The van der Waals surface area contributed by atoms with Crippen LogP contribution in [0.15, 0.2) is 18.2 Å². The number of hydrazine groups is 1. The van der Waals surface area contributed by atoms with Gasteiger partial charge in [-0.25, -0.2) is 14.3 Å². The summed E-state index contributed by atoms with van der Waals surface area (Å²) < 4.78 is 56.5. The van der Waals surface area contributed by atoms with E-state index in [9.17, 15) is 41.1 Å². The number of nitrogens with two attached hydrogens (primary N) is 1. The number of amides is 4.